The first kappa shape index (κ1) is 31.1. The number of carbonyl (C=O) groups excluding carboxylic acids is 1. The predicted molar refractivity (Wildman–Crippen MR) is 172 cm³/mol. The van der Waals surface area contributed by atoms with Crippen molar-refractivity contribution >= 4 is 44.1 Å². The standard InChI is InChI=1S/C30H46N6O3Si2/c1-8-9-12-32-30(37)24-20-36(22-39-16-18-41(5,6)7)29-26(24)34-25(19-33-29)27-28-23(10-13-31-27)11-14-35(28)21-38-15-17-40(2,3)4/h10-11,13-14,19-20H,8-9,12,15-18,21-22H2,1-7H3,(H,32,37). The molecule has 41 heavy (non-hydrogen) atoms. The fraction of sp³-hybridized carbons (Fsp3) is 0.533. The van der Waals surface area contributed by atoms with Crippen molar-refractivity contribution in [3.05, 3.63) is 42.5 Å². The van der Waals surface area contributed by atoms with E-state index in [2.05, 4.69) is 62.2 Å². The van der Waals surface area contributed by atoms with Gasteiger partial charge in [-0.3, -0.25) is 9.78 Å². The molecule has 0 atom stereocenters. The van der Waals surface area contributed by atoms with Crippen LogP contribution in [0.1, 0.15) is 30.1 Å². The first-order valence-electron chi connectivity index (χ1n) is 14.7. The second-order valence-corrected chi connectivity index (χ2v) is 24.4. The molecule has 1 amide bonds. The molecule has 0 unspecified atom stereocenters. The molecule has 0 aliphatic rings. The topological polar surface area (TPSA) is 96.1 Å². The van der Waals surface area contributed by atoms with E-state index in [1.54, 1.807) is 12.4 Å². The maximum Gasteiger partial charge on any atom is 0.255 e. The Hall–Kier alpha value is -2.87. The van der Waals surface area contributed by atoms with Crippen LogP contribution in [0.15, 0.2) is 36.9 Å². The number of fused-ring (bicyclic) bond motifs is 2. The van der Waals surface area contributed by atoms with Crippen LogP contribution in [-0.2, 0) is 22.9 Å². The summed E-state index contributed by atoms with van der Waals surface area (Å²) in [5.74, 6) is -0.152. The van der Waals surface area contributed by atoms with Gasteiger partial charge in [-0.2, -0.15) is 0 Å². The lowest BCUT2D eigenvalue weighted by Gasteiger charge is -2.16. The van der Waals surface area contributed by atoms with Crippen LogP contribution in [-0.4, -0.2) is 65.9 Å². The maximum atomic E-state index is 13.2. The number of aromatic nitrogens is 5. The molecule has 0 saturated heterocycles. The van der Waals surface area contributed by atoms with Gasteiger partial charge in [0.1, 0.15) is 30.4 Å². The fourth-order valence-electron chi connectivity index (χ4n) is 4.43. The van der Waals surface area contributed by atoms with Gasteiger partial charge in [0.05, 0.1) is 17.3 Å². The summed E-state index contributed by atoms with van der Waals surface area (Å²) in [4.78, 5) is 27.7. The summed E-state index contributed by atoms with van der Waals surface area (Å²) < 4.78 is 16.0. The van der Waals surface area contributed by atoms with Crippen LogP contribution in [0.3, 0.4) is 0 Å². The van der Waals surface area contributed by atoms with E-state index in [9.17, 15) is 4.79 Å². The number of hydrogen-bond acceptors (Lipinski definition) is 6. The van der Waals surface area contributed by atoms with Crippen molar-refractivity contribution in [1.82, 2.24) is 29.4 Å². The highest BCUT2D eigenvalue weighted by atomic mass is 28.3. The average molecular weight is 595 g/mol. The zero-order chi connectivity index (χ0) is 29.6. The lowest BCUT2D eigenvalue weighted by atomic mass is 10.2. The zero-order valence-electron chi connectivity index (χ0n) is 25.8. The van der Waals surface area contributed by atoms with E-state index in [4.69, 9.17) is 24.4 Å². The molecule has 0 bridgehead atoms. The van der Waals surface area contributed by atoms with Crippen molar-refractivity contribution in [3.63, 3.8) is 0 Å². The minimum absolute atomic E-state index is 0.152. The molecule has 0 fully saturated rings. The Morgan fingerprint density at radius 1 is 0.951 bits per heavy atom. The number of pyridine rings is 1. The molecular formula is C30H46N6O3Si2. The summed E-state index contributed by atoms with van der Waals surface area (Å²) in [6.45, 7) is 19.0. The van der Waals surface area contributed by atoms with Gasteiger partial charge in [-0.15, -0.1) is 0 Å². The summed E-state index contributed by atoms with van der Waals surface area (Å²) in [7, 11) is -2.38. The van der Waals surface area contributed by atoms with Gasteiger partial charge in [-0.25, -0.2) is 9.97 Å². The van der Waals surface area contributed by atoms with E-state index < -0.39 is 16.1 Å². The van der Waals surface area contributed by atoms with Gasteiger partial charge in [0.15, 0.2) is 5.65 Å². The van der Waals surface area contributed by atoms with Gasteiger partial charge in [0.2, 0.25) is 0 Å². The Morgan fingerprint density at radius 3 is 2.29 bits per heavy atom. The van der Waals surface area contributed by atoms with Gasteiger partial charge < -0.3 is 23.9 Å². The highest BCUT2D eigenvalue weighted by Crippen LogP contribution is 2.28. The Morgan fingerprint density at radius 2 is 1.63 bits per heavy atom. The Kier molecular flexibility index (Phi) is 10.2. The van der Waals surface area contributed by atoms with Gasteiger partial charge in [-0.1, -0.05) is 52.6 Å². The Bertz CT molecular complexity index is 1470. The van der Waals surface area contributed by atoms with Crippen LogP contribution >= 0.6 is 0 Å². The van der Waals surface area contributed by atoms with E-state index in [0.717, 1.165) is 42.4 Å². The average Bonchev–Trinajstić information content (AvgIpc) is 3.49. The summed E-state index contributed by atoms with van der Waals surface area (Å²) in [5, 5.41) is 4.09. The first-order valence-corrected chi connectivity index (χ1v) is 22.1. The Balaban J connectivity index is 1.66. The molecule has 4 aromatic rings. The van der Waals surface area contributed by atoms with Gasteiger partial charge in [0.25, 0.3) is 5.91 Å². The van der Waals surface area contributed by atoms with Crippen molar-refractivity contribution < 1.29 is 14.3 Å². The van der Waals surface area contributed by atoms with E-state index in [1.165, 1.54) is 0 Å². The first-order chi connectivity index (χ1) is 19.5. The van der Waals surface area contributed by atoms with E-state index in [1.807, 2.05) is 23.0 Å². The van der Waals surface area contributed by atoms with E-state index in [-0.39, 0.29) is 5.91 Å². The number of nitrogens with one attached hydrogen (secondary N) is 1. The molecule has 222 valence electrons. The number of hydrogen-bond donors (Lipinski definition) is 1. The zero-order valence-corrected chi connectivity index (χ0v) is 27.8. The van der Waals surface area contributed by atoms with Crippen LogP contribution in [0.25, 0.3) is 33.5 Å². The monoisotopic (exact) mass is 594 g/mol. The molecule has 9 nitrogen and oxygen atoms in total. The third kappa shape index (κ3) is 8.34. The largest absolute Gasteiger partial charge is 0.361 e. The van der Waals surface area contributed by atoms with Crippen LogP contribution in [0.4, 0.5) is 0 Å². The van der Waals surface area contributed by atoms with Gasteiger partial charge in [0, 0.05) is 59.9 Å². The minimum atomic E-state index is -1.21. The lowest BCUT2D eigenvalue weighted by molar-refractivity contribution is 0.0891. The Labute approximate surface area is 245 Å². The molecule has 4 aromatic heterocycles. The van der Waals surface area contributed by atoms with Crippen LogP contribution < -0.4 is 5.32 Å². The smallest absolute Gasteiger partial charge is 0.255 e. The number of ether oxygens (including phenoxy) is 2. The van der Waals surface area contributed by atoms with Crippen molar-refractivity contribution in [1.29, 1.82) is 0 Å². The van der Waals surface area contributed by atoms with Gasteiger partial charge >= 0.3 is 0 Å². The highest BCUT2D eigenvalue weighted by molar-refractivity contribution is 6.76. The normalized spacial score (nSPS) is 12.5. The molecule has 0 radical (unpaired) electrons. The molecule has 1 N–H and O–H groups in total. The minimum Gasteiger partial charge on any atom is -0.361 e. The second-order valence-electron chi connectivity index (χ2n) is 13.1. The number of nitrogens with zero attached hydrogens (tertiary/aromatic N) is 5. The molecule has 11 heteroatoms. The summed E-state index contributed by atoms with van der Waals surface area (Å²) in [6.07, 6.45) is 9.29. The highest BCUT2D eigenvalue weighted by Gasteiger charge is 2.21. The summed E-state index contributed by atoms with van der Waals surface area (Å²) in [6, 6.07) is 6.24. The van der Waals surface area contributed by atoms with Gasteiger partial charge in [-0.05, 0) is 30.6 Å². The molecule has 0 spiro atoms. The van der Waals surface area contributed by atoms with E-state index in [0.29, 0.717) is 54.7 Å². The molecule has 4 heterocycles. The van der Waals surface area contributed by atoms with Crippen molar-refractivity contribution in [2.24, 2.45) is 0 Å². The molecule has 0 aromatic carbocycles. The lowest BCUT2D eigenvalue weighted by Crippen LogP contribution is -2.24. The maximum absolute atomic E-state index is 13.2. The SMILES string of the molecule is CCCCNC(=O)c1cn(COCC[Si](C)(C)C)c2ncc(-c3nccc4ccn(COCC[Si](C)(C)C)c34)nc12. The van der Waals surface area contributed by atoms with Crippen LogP contribution in [0.5, 0.6) is 0 Å². The molecule has 4 rings (SSSR count). The molecule has 0 saturated carbocycles. The van der Waals surface area contributed by atoms with Crippen molar-refractivity contribution in [3.8, 4) is 11.4 Å². The predicted octanol–water partition coefficient (Wildman–Crippen LogP) is 6.60. The molecule has 0 aliphatic heterocycles. The fourth-order valence-corrected chi connectivity index (χ4v) is 5.95. The summed E-state index contributed by atoms with van der Waals surface area (Å²) in [5.41, 5.74) is 3.94. The van der Waals surface area contributed by atoms with E-state index >= 15 is 0 Å². The number of carbonyl (C=O) groups is 1. The molecule has 0 aliphatic carbocycles. The van der Waals surface area contributed by atoms with Crippen molar-refractivity contribution in [2.45, 2.75) is 84.6 Å². The quantitative estimate of drug-likeness (QED) is 0.123. The van der Waals surface area contributed by atoms with Crippen LogP contribution in [0.2, 0.25) is 51.4 Å². The van der Waals surface area contributed by atoms with Crippen molar-refractivity contribution in [2.75, 3.05) is 19.8 Å². The number of amides is 1. The molecular weight excluding hydrogens is 549 g/mol. The number of unbranched alkanes of at least 4 members (excludes halogenated alkanes) is 1. The second kappa shape index (κ2) is 13.4. The third-order valence-electron chi connectivity index (χ3n) is 7.00. The number of rotatable bonds is 15. The summed E-state index contributed by atoms with van der Waals surface area (Å²) >= 11 is 0. The van der Waals surface area contributed by atoms with Crippen LogP contribution in [0, 0.1) is 0 Å². The third-order valence-corrected chi connectivity index (χ3v) is 10.4.